The van der Waals surface area contributed by atoms with Crippen molar-refractivity contribution in [1.82, 2.24) is 0 Å². The van der Waals surface area contributed by atoms with Crippen molar-refractivity contribution in [2.45, 2.75) is 26.6 Å². The highest BCUT2D eigenvalue weighted by molar-refractivity contribution is 7.48. The van der Waals surface area contributed by atoms with Crippen LogP contribution in [-0.2, 0) is 26.4 Å². The summed E-state index contributed by atoms with van der Waals surface area (Å²) in [5, 5.41) is 8.91. The number of aliphatic hydroxyl groups excluding tert-OH is 1. The van der Waals surface area contributed by atoms with Crippen molar-refractivity contribution in [3.63, 3.8) is 0 Å². The molecule has 0 spiro atoms. The molecule has 1 aromatic carbocycles. The molecule has 21 heavy (non-hydrogen) atoms. The summed E-state index contributed by atoms with van der Waals surface area (Å²) in [6, 6.07) is 2.92. The Labute approximate surface area is 120 Å². The molecule has 0 bridgehead atoms. The van der Waals surface area contributed by atoms with E-state index in [-0.39, 0.29) is 18.8 Å². The van der Waals surface area contributed by atoms with Crippen LogP contribution in [0.1, 0.15) is 25.0 Å². The number of phosphoric acid groups is 1. The van der Waals surface area contributed by atoms with Crippen LogP contribution in [0.25, 0.3) is 0 Å². The highest BCUT2D eigenvalue weighted by atomic mass is 31.2. The van der Waals surface area contributed by atoms with Gasteiger partial charge in [0.05, 0.1) is 25.4 Å². The van der Waals surface area contributed by atoms with Gasteiger partial charge in [-0.25, -0.2) is 4.57 Å². The predicted octanol–water partition coefficient (Wildman–Crippen LogP) is 3.76. The van der Waals surface area contributed by atoms with Crippen LogP contribution in [0, 0.1) is 0 Å². The van der Waals surface area contributed by atoms with E-state index >= 15 is 0 Å². The molecule has 0 amide bonds. The van der Waals surface area contributed by atoms with Gasteiger partial charge < -0.3 is 9.63 Å². The molecule has 120 valence electrons. The van der Waals surface area contributed by atoms with Gasteiger partial charge in [0.15, 0.2) is 0 Å². The maximum atomic E-state index is 13.0. The Hall–Kier alpha value is -1.08. The molecule has 0 saturated heterocycles. The Morgan fingerprint density at radius 1 is 1.19 bits per heavy atom. The third-order valence-electron chi connectivity index (χ3n) is 2.32. The monoisotopic (exact) mass is 328 g/mol. The third-order valence-corrected chi connectivity index (χ3v) is 3.89. The summed E-state index contributed by atoms with van der Waals surface area (Å²) in [5.41, 5.74) is -1.11. The Kier molecular flexibility index (Phi) is 6.22. The van der Waals surface area contributed by atoms with Crippen LogP contribution in [0.5, 0.6) is 5.75 Å². The van der Waals surface area contributed by atoms with Crippen molar-refractivity contribution in [2.24, 2.45) is 0 Å². The lowest BCUT2D eigenvalue weighted by Crippen LogP contribution is -2.10. The average Bonchev–Trinajstić information content (AvgIpc) is 2.38. The number of halogens is 3. The zero-order chi connectivity index (χ0) is 16.1. The van der Waals surface area contributed by atoms with Gasteiger partial charge in [0.2, 0.25) is 0 Å². The second kappa shape index (κ2) is 7.26. The van der Waals surface area contributed by atoms with E-state index in [1.807, 2.05) is 0 Å². The van der Waals surface area contributed by atoms with Gasteiger partial charge in [-0.3, -0.25) is 9.05 Å². The minimum Gasteiger partial charge on any atom is -0.403 e. The van der Waals surface area contributed by atoms with Crippen molar-refractivity contribution in [3.05, 3.63) is 29.3 Å². The Morgan fingerprint density at radius 3 is 2.19 bits per heavy atom. The van der Waals surface area contributed by atoms with Gasteiger partial charge >= 0.3 is 14.0 Å². The molecule has 0 fully saturated rings. The van der Waals surface area contributed by atoms with Gasteiger partial charge in [-0.2, -0.15) is 13.2 Å². The summed E-state index contributed by atoms with van der Waals surface area (Å²) in [6.45, 7) is 2.36. The quantitative estimate of drug-likeness (QED) is 0.772. The molecule has 0 heterocycles. The van der Waals surface area contributed by atoms with Gasteiger partial charge in [-0.1, -0.05) is 6.07 Å². The second-order valence-electron chi connectivity index (χ2n) is 3.86. The van der Waals surface area contributed by atoms with Gasteiger partial charge in [-0.15, -0.1) is 0 Å². The zero-order valence-electron chi connectivity index (χ0n) is 11.5. The number of alkyl halides is 3. The molecular weight excluding hydrogens is 312 g/mol. The highest BCUT2D eigenvalue weighted by Gasteiger charge is 2.38. The molecule has 0 aromatic heterocycles. The highest BCUT2D eigenvalue weighted by Crippen LogP contribution is 2.51. The standard InChI is InChI=1S/C12H16F3O5P/c1-3-18-21(17,19-4-2)20-11-6-5-9(8-16)7-10(11)12(13,14)15/h5-7,16H,3-4,8H2,1-2H3. The van der Waals surface area contributed by atoms with Crippen molar-refractivity contribution >= 4 is 7.82 Å². The summed E-state index contributed by atoms with van der Waals surface area (Å²) >= 11 is 0. The van der Waals surface area contributed by atoms with Crippen LogP contribution >= 0.6 is 7.82 Å². The normalized spacial score (nSPS) is 12.5. The maximum absolute atomic E-state index is 13.0. The van der Waals surface area contributed by atoms with Crippen LogP contribution in [0.3, 0.4) is 0 Å². The Balaban J connectivity index is 3.20. The van der Waals surface area contributed by atoms with Gasteiger partial charge in [0.1, 0.15) is 5.75 Å². The fourth-order valence-electron chi connectivity index (χ4n) is 1.50. The first-order valence-corrected chi connectivity index (χ1v) is 7.61. The first-order valence-electron chi connectivity index (χ1n) is 6.15. The third kappa shape index (κ3) is 5.00. The zero-order valence-corrected chi connectivity index (χ0v) is 12.4. The van der Waals surface area contributed by atoms with Crippen LogP contribution in [0.4, 0.5) is 13.2 Å². The van der Waals surface area contributed by atoms with Crippen molar-refractivity contribution in [3.8, 4) is 5.75 Å². The van der Waals surface area contributed by atoms with E-state index in [2.05, 4.69) is 0 Å². The van der Waals surface area contributed by atoms with E-state index in [9.17, 15) is 17.7 Å². The number of hydrogen-bond donors (Lipinski definition) is 1. The van der Waals surface area contributed by atoms with Crippen LogP contribution in [0.2, 0.25) is 0 Å². The van der Waals surface area contributed by atoms with E-state index in [4.69, 9.17) is 18.7 Å². The topological polar surface area (TPSA) is 65.0 Å². The molecule has 1 rings (SSSR count). The number of aliphatic hydroxyl groups is 1. The average molecular weight is 328 g/mol. The van der Waals surface area contributed by atoms with Crippen molar-refractivity contribution in [1.29, 1.82) is 0 Å². The number of benzene rings is 1. The van der Waals surface area contributed by atoms with Crippen molar-refractivity contribution in [2.75, 3.05) is 13.2 Å². The minimum atomic E-state index is -4.73. The van der Waals surface area contributed by atoms with E-state index < -0.39 is 31.9 Å². The predicted molar refractivity (Wildman–Crippen MR) is 68.9 cm³/mol. The lowest BCUT2D eigenvalue weighted by Gasteiger charge is -2.20. The molecule has 0 atom stereocenters. The van der Waals surface area contributed by atoms with E-state index in [0.717, 1.165) is 12.1 Å². The molecule has 0 saturated carbocycles. The first kappa shape index (κ1) is 18.0. The Morgan fingerprint density at radius 2 is 1.76 bits per heavy atom. The molecule has 5 nitrogen and oxygen atoms in total. The molecular formula is C12H16F3O5P. The van der Waals surface area contributed by atoms with Gasteiger partial charge in [0, 0.05) is 0 Å². The lowest BCUT2D eigenvalue weighted by atomic mass is 10.1. The smallest absolute Gasteiger partial charge is 0.403 e. The van der Waals surface area contributed by atoms with Crippen LogP contribution < -0.4 is 4.52 Å². The molecule has 1 aromatic rings. The van der Waals surface area contributed by atoms with Crippen LogP contribution in [0.15, 0.2) is 18.2 Å². The molecule has 0 aliphatic heterocycles. The number of hydrogen-bond acceptors (Lipinski definition) is 5. The Bertz CT molecular complexity index is 508. The largest absolute Gasteiger partial charge is 0.530 e. The lowest BCUT2D eigenvalue weighted by molar-refractivity contribution is -0.138. The maximum Gasteiger partial charge on any atom is 0.530 e. The molecule has 1 N–H and O–H groups in total. The summed E-state index contributed by atoms with van der Waals surface area (Å²) in [7, 11) is -4.12. The fraction of sp³-hybridized carbons (Fsp3) is 0.500. The van der Waals surface area contributed by atoms with Gasteiger partial charge in [0.25, 0.3) is 0 Å². The van der Waals surface area contributed by atoms with E-state index in [1.54, 1.807) is 0 Å². The summed E-state index contributed by atoms with van der Waals surface area (Å²) < 4.78 is 65.5. The SMILES string of the molecule is CCOP(=O)(OCC)Oc1ccc(CO)cc1C(F)(F)F. The molecule has 0 aliphatic carbocycles. The molecule has 0 unspecified atom stereocenters. The summed E-state index contributed by atoms with van der Waals surface area (Å²) in [5.74, 6) is -0.676. The second-order valence-corrected chi connectivity index (χ2v) is 5.45. The molecule has 0 aliphatic rings. The van der Waals surface area contributed by atoms with E-state index in [1.165, 1.54) is 19.9 Å². The number of rotatable bonds is 7. The van der Waals surface area contributed by atoms with Gasteiger partial charge in [-0.05, 0) is 31.5 Å². The molecule has 0 radical (unpaired) electrons. The number of phosphoric ester groups is 1. The molecule has 9 heteroatoms. The minimum absolute atomic E-state index is 0.0483. The van der Waals surface area contributed by atoms with E-state index in [0.29, 0.717) is 0 Å². The summed E-state index contributed by atoms with van der Waals surface area (Å²) in [4.78, 5) is 0. The fourth-order valence-corrected chi connectivity index (χ4v) is 2.72. The first-order chi connectivity index (χ1) is 9.75. The van der Waals surface area contributed by atoms with Crippen LogP contribution in [-0.4, -0.2) is 18.3 Å². The summed E-state index contributed by atoms with van der Waals surface area (Å²) in [6.07, 6.45) is -4.73. The van der Waals surface area contributed by atoms with Crippen molar-refractivity contribution < 1.29 is 36.4 Å².